The molecule has 1 N–H and O–H groups in total. The van der Waals surface area contributed by atoms with Crippen molar-refractivity contribution in [3.8, 4) is 11.8 Å². The number of nitrogens with zero attached hydrogens (tertiary/aromatic N) is 1. The molecule has 0 fully saturated rings. The van der Waals surface area contributed by atoms with Gasteiger partial charge in [0.25, 0.3) is 5.91 Å². The average Bonchev–Trinajstić information content (AvgIpc) is 3.07. The number of nitrogens with one attached hydrogen (secondary N) is 1. The Morgan fingerprint density at radius 2 is 1.96 bits per heavy atom. The molecule has 146 valence electrons. The molecule has 1 amide bonds. The maximum Gasteiger partial charge on any atom is 0.306 e. The van der Waals surface area contributed by atoms with Crippen molar-refractivity contribution in [2.45, 2.75) is 38.5 Å². The molecule has 6 nitrogen and oxygen atoms in total. The molecule has 3 rings (SSSR count). The Balaban J connectivity index is 1.47. The van der Waals surface area contributed by atoms with Gasteiger partial charge in [-0.25, -0.2) is 0 Å². The van der Waals surface area contributed by atoms with E-state index < -0.39 is 11.9 Å². The largest absolute Gasteiger partial charge is 0.497 e. The summed E-state index contributed by atoms with van der Waals surface area (Å²) in [6.07, 6.45) is 4.72. The fraction of sp³-hybridized carbons (Fsp3) is 0.381. The van der Waals surface area contributed by atoms with Crippen LogP contribution in [-0.2, 0) is 33.6 Å². The lowest BCUT2D eigenvalue weighted by Crippen LogP contribution is -2.21. The summed E-state index contributed by atoms with van der Waals surface area (Å²) in [7, 11) is 1.60. The zero-order chi connectivity index (χ0) is 19.9. The van der Waals surface area contributed by atoms with E-state index in [1.54, 1.807) is 7.11 Å². The van der Waals surface area contributed by atoms with Crippen molar-refractivity contribution in [3.63, 3.8) is 0 Å². The first-order valence-corrected chi connectivity index (χ1v) is 10.1. The number of fused-ring (bicyclic) bond motifs is 1. The van der Waals surface area contributed by atoms with Crippen LogP contribution in [0.1, 0.15) is 40.8 Å². The SMILES string of the molecule is COc1ccc(CCC(=O)OCC(=O)Nc2sc3c(c2C#N)CCCC3)cc1. The van der Waals surface area contributed by atoms with E-state index >= 15 is 0 Å². The van der Waals surface area contributed by atoms with Crippen LogP contribution >= 0.6 is 11.3 Å². The minimum absolute atomic E-state index is 0.191. The average molecular weight is 398 g/mol. The molecule has 0 spiro atoms. The second kappa shape index (κ2) is 9.38. The van der Waals surface area contributed by atoms with Crippen LogP contribution in [0.25, 0.3) is 0 Å². The molecule has 1 aliphatic carbocycles. The number of benzene rings is 1. The van der Waals surface area contributed by atoms with Gasteiger partial charge in [0.15, 0.2) is 6.61 Å². The quantitative estimate of drug-likeness (QED) is 0.720. The first-order valence-electron chi connectivity index (χ1n) is 9.23. The third-order valence-electron chi connectivity index (χ3n) is 4.68. The summed E-state index contributed by atoms with van der Waals surface area (Å²) in [6, 6.07) is 9.65. The van der Waals surface area contributed by atoms with E-state index in [9.17, 15) is 14.9 Å². The van der Waals surface area contributed by atoms with Gasteiger partial charge in [0.2, 0.25) is 0 Å². The number of amides is 1. The zero-order valence-corrected chi connectivity index (χ0v) is 16.6. The third-order valence-corrected chi connectivity index (χ3v) is 5.88. The van der Waals surface area contributed by atoms with Gasteiger partial charge >= 0.3 is 5.97 Å². The first kappa shape index (κ1) is 19.9. The van der Waals surface area contributed by atoms with Crippen molar-refractivity contribution >= 4 is 28.2 Å². The minimum atomic E-state index is -0.433. The van der Waals surface area contributed by atoms with Crippen LogP contribution in [0.5, 0.6) is 5.75 Å². The molecule has 1 heterocycles. The highest BCUT2D eigenvalue weighted by Crippen LogP contribution is 2.37. The van der Waals surface area contributed by atoms with Gasteiger partial charge in [-0.05, 0) is 55.4 Å². The molecule has 0 radical (unpaired) electrons. The van der Waals surface area contributed by atoms with E-state index in [4.69, 9.17) is 9.47 Å². The van der Waals surface area contributed by atoms with Crippen molar-refractivity contribution in [2.24, 2.45) is 0 Å². The summed E-state index contributed by atoms with van der Waals surface area (Å²) in [6.45, 7) is -0.352. The lowest BCUT2D eigenvalue weighted by atomic mass is 9.96. The number of carbonyl (C=O) groups is 2. The minimum Gasteiger partial charge on any atom is -0.497 e. The van der Waals surface area contributed by atoms with Crippen LogP contribution in [0.15, 0.2) is 24.3 Å². The fourth-order valence-corrected chi connectivity index (χ4v) is 4.45. The number of anilines is 1. The first-order chi connectivity index (χ1) is 13.6. The lowest BCUT2D eigenvalue weighted by molar-refractivity contribution is -0.147. The number of rotatable bonds is 7. The molecule has 1 aromatic heterocycles. The van der Waals surface area contributed by atoms with Crippen molar-refractivity contribution in [2.75, 3.05) is 19.0 Å². The van der Waals surface area contributed by atoms with E-state index in [2.05, 4.69) is 11.4 Å². The predicted octanol–water partition coefficient (Wildman–Crippen LogP) is 3.62. The molecule has 2 aromatic rings. The summed E-state index contributed by atoms with van der Waals surface area (Å²) in [4.78, 5) is 25.2. The summed E-state index contributed by atoms with van der Waals surface area (Å²) in [5.41, 5.74) is 2.61. The molecule has 7 heteroatoms. The van der Waals surface area contributed by atoms with E-state index in [-0.39, 0.29) is 13.0 Å². The second-order valence-electron chi connectivity index (χ2n) is 6.58. The standard InChI is InChI=1S/C21H22N2O4S/c1-26-15-9-6-14(7-10-15)8-11-20(25)27-13-19(24)23-21-17(12-22)16-4-2-3-5-18(16)28-21/h6-7,9-10H,2-5,8,11,13H2,1H3,(H,23,24). The number of thiophene rings is 1. The molecule has 0 saturated carbocycles. The van der Waals surface area contributed by atoms with Gasteiger partial charge in [-0.3, -0.25) is 9.59 Å². The van der Waals surface area contributed by atoms with Crippen LogP contribution < -0.4 is 10.1 Å². The second-order valence-corrected chi connectivity index (χ2v) is 7.69. The van der Waals surface area contributed by atoms with Crippen molar-refractivity contribution in [1.29, 1.82) is 5.26 Å². The topological polar surface area (TPSA) is 88.4 Å². The van der Waals surface area contributed by atoms with Crippen LogP contribution in [0.2, 0.25) is 0 Å². The smallest absolute Gasteiger partial charge is 0.306 e. The Bertz CT molecular complexity index is 896. The third kappa shape index (κ3) is 4.90. The van der Waals surface area contributed by atoms with Crippen molar-refractivity contribution in [3.05, 3.63) is 45.8 Å². The number of ether oxygens (including phenoxy) is 2. The van der Waals surface area contributed by atoms with Gasteiger partial charge < -0.3 is 14.8 Å². The highest BCUT2D eigenvalue weighted by atomic mass is 32.1. The molecule has 1 aliphatic rings. The number of hydrogen-bond donors (Lipinski definition) is 1. The number of methoxy groups -OCH3 is 1. The molecule has 28 heavy (non-hydrogen) atoms. The van der Waals surface area contributed by atoms with Gasteiger partial charge in [-0.2, -0.15) is 5.26 Å². The maximum absolute atomic E-state index is 12.1. The summed E-state index contributed by atoms with van der Waals surface area (Å²) in [5.74, 6) is -0.0974. The Morgan fingerprint density at radius 1 is 1.21 bits per heavy atom. The summed E-state index contributed by atoms with van der Waals surface area (Å²) in [5, 5.41) is 12.7. The fourth-order valence-electron chi connectivity index (χ4n) is 3.19. The van der Waals surface area contributed by atoms with Crippen molar-refractivity contribution < 1.29 is 19.1 Å². The van der Waals surface area contributed by atoms with Gasteiger partial charge in [-0.1, -0.05) is 12.1 Å². The number of carbonyl (C=O) groups excluding carboxylic acids is 2. The highest BCUT2D eigenvalue weighted by molar-refractivity contribution is 7.16. The number of nitriles is 1. The Kier molecular flexibility index (Phi) is 6.66. The Hall–Kier alpha value is -2.85. The molecule has 0 unspecified atom stereocenters. The van der Waals surface area contributed by atoms with Crippen LogP contribution in [0, 0.1) is 11.3 Å². The molecule has 0 atom stereocenters. The molecule has 1 aromatic carbocycles. The lowest BCUT2D eigenvalue weighted by Gasteiger charge is -2.09. The predicted molar refractivity (Wildman–Crippen MR) is 107 cm³/mol. The van der Waals surface area contributed by atoms with Crippen LogP contribution in [0.3, 0.4) is 0 Å². The van der Waals surface area contributed by atoms with Gasteiger partial charge in [0.1, 0.15) is 16.8 Å². The van der Waals surface area contributed by atoms with E-state index in [0.717, 1.165) is 42.6 Å². The molecular weight excluding hydrogens is 376 g/mol. The van der Waals surface area contributed by atoms with Gasteiger partial charge in [-0.15, -0.1) is 11.3 Å². The monoisotopic (exact) mass is 398 g/mol. The van der Waals surface area contributed by atoms with Crippen LogP contribution in [-0.4, -0.2) is 25.6 Å². The van der Waals surface area contributed by atoms with Crippen molar-refractivity contribution in [1.82, 2.24) is 0 Å². The maximum atomic E-state index is 12.1. The highest BCUT2D eigenvalue weighted by Gasteiger charge is 2.22. The number of hydrogen-bond acceptors (Lipinski definition) is 6. The summed E-state index contributed by atoms with van der Waals surface area (Å²) >= 11 is 1.45. The van der Waals surface area contributed by atoms with Crippen LogP contribution in [0.4, 0.5) is 5.00 Å². The molecular formula is C21H22N2O4S. The Morgan fingerprint density at radius 3 is 2.68 bits per heavy atom. The molecule has 0 saturated heterocycles. The van der Waals surface area contributed by atoms with Gasteiger partial charge in [0, 0.05) is 11.3 Å². The molecule has 0 bridgehead atoms. The van der Waals surface area contributed by atoms with E-state index in [1.165, 1.54) is 16.2 Å². The normalized spacial score (nSPS) is 12.6. The number of esters is 1. The molecule has 0 aliphatic heterocycles. The van der Waals surface area contributed by atoms with E-state index in [1.807, 2.05) is 24.3 Å². The van der Waals surface area contributed by atoms with E-state index in [0.29, 0.717) is 17.0 Å². The zero-order valence-electron chi connectivity index (χ0n) is 15.7. The number of aryl methyl sites for hydroxylation is 2. The summed E-state index contributed by atoms with van der Waals surface area (Å²) < 4.78 is 10.2. The van der Waals surface area contributed by atoms with Gasteiger partial charge in [0.05, 0.1) is 12.7 Å². The Labute approximate surface area is 168 Å².